The smallest absolute Gasteiger partial charge is 0.242 e. The number of aryl methyl sites for hydroxylation is 1. The molecule has 3 N–H and O–H groups in total. The van der Waals surface area contributed by atoms with Gasteiger partial charge in [-0.25, -0.2) is 0 Å². The van der Waals surface area contributed by atoms with Crippen LogP contribution in [0.4, 0.5) is 0 Å². The Bertz CT molecular complexity index is 594. The molecule has 0 aliphatic heterocycles. The largest absolute Gasteiger partial charge is 0.368 e. The summed E-state index contributed by atoms with van der Waals surface area (Å²) in [5, 5.41) is 5.43. The van der Waals surface area contributed by atoms with Gasteiger partial charge in [0.2, 0.25) is 5.91 Å². The zero-order valence-corrected chi connectivity index (χ0v) is 11.4. The lowest BCUT2D eigenvalue weighted by atomic mass is 9.91. The first kappa shape index (κ1) is 12.4. The minimum absolute atomic E-state index is 0.283. The van der Waals surface area contributed by atoms with Crippen molar-refractivity contribution >= 4 is 17.2 Å². The number of hydrogen-bond donors (Lipinski definition) is 2. The highest BCUT2D eigenvalue weighted by Gasteiger charge is 2.43. The summed E-state index contributed by atoms with van der Waals surface area (Å²) in [7, 11) is 0. The van der Waals surface area contributed by atoms with Gasteiger partial charge < -0.3 is 5.73 Å². The molecule has 3 nitrogen and oxygen atoms in total. The standard InChI is InChI=1S/C15H16N2OS/c16-14(18)15(17-10-12-5-3-9-19-12)8-7-11-4-1-2-6-13(11)15/h1-6,9,17H,7-8,10H2,(H2,16,18). The molecule has 4 heteroatoms. The Morgan fingerprint density at radius 1 is 1.32 bits per heavy atom. The average molecular weight is 272 g/mol. The molecule has 2 aromatic rings. The van der Waals surface area contributed by atoms with Crippen molar-refractivity contribution in [3.8, 4) is 0 Å². The van der Waals surface area contributed by atoms with Crippen molar-refractivity contribution < 1.29 is 4.79 Å². The van der Waals surface area contributed by atoms with E-state index in [2.05, 4.69) is 17.4 Å². The number of hydrogen-bond acceptors (Lipinski definition) is 3. The SMILES string of the molecule is NC(=O)C1(NCc2cccs2)CCc2ccccc21. The molecule has 1 atom stereocenters. The van der Waals surface area contributed by atoms with E-state index in [9.17, 15) is 4.79 Å². The van der Waals surface area contributed by atoms with Gasteiger partial charge in [-0.3, -0.25) is 10.1 Å². The molecule has 0 spiro atoms. The van der Waals surface area contributed by atoms with Gasteiger partial charge in [-0.1, -0.05) is 30.3 Å². The van der Waals surface area contributed by atoms with E-state index in [0.29, 0.717) is 6.54 Å². The van der Waals surface area contributed by atoms with E-state index in [4.69, 9.17) is 5.73 Å². The number of primary amides is 1. The molecule has 1 aromatic carbocycles. The number of amides is 1. The van der Waals surface area contributed by atoms with Gasteiger partial charge in [0.15, 0.2) is 0 Å². The molecule has 1 heterocycles. The van der Waals surface area contributed by atoms with Crippen LogP contribution in [0, 0.1) is 0 Å². The fraction of sp³-hybridized carbons (Fsp3) is 0.267. The summed E-state index contributed by atoms with van der Waals surface area (Å²) in [6.45, 7) is 0.676. The topological polar surface area (TPSA) is 55.1 Å². The lowest BCUT2D eigenvalue weighted by molar-refractivity contribution is -0.124. The molecule has 1 aliphatic rings. The molecule has 1 aromatic heterocycles. The first-order valence-corrected chi connectivity index (χ1v) is 7.26. The number of rotatable bonds is 4. The molecule has 0 fully saturated rings. The van der Waals surface area contributed by atoms with Crippen molar-refractivity contribution in [2.24, 2.45) is 5.73 Å². The second-order valence-corrected chi connectivity index (χ2v) is 5.89. The first-order chi connectivity index (χ1) is 9.22. The number of nitrogens with two attached hydrogens (primary N) is 1. The quantitative estimate of drug-likeness (QED) is 0.896. The van der Waals surface area contributed by atoms with Crippen LogP contribution in [0.1, 0.15) is 22.4 Å². The van der Waals surface area contributed by atoms with Crippen LogP contribution in [0.3, 0.4) is 0 Å². The van der Waals surface area contributed by atoms with E-state index >= 15 is 0 Å². The monoisotopic (exact) mass is 272 g/mol. The van der Waals surface area contributed by atoms with Gasteiger partial charge in [0.05, 0.1) is 0 Å². The normalized spacial score (nSPS) is 21.3. The molecule has 98 valence electrons. The Morgan fingerprint density at radius 2 is 2.16 bits per heavy atom. The Balaban J connectivity index is 1.91. The summed E-state index contributed by atoms with van der Waals surface area (Å²) < 4.78 is 0. The lowest BCUT2D eigenvalue weighted by Gasteiger charge is -2.28. The van der Waals surface area contributed by atoms with E-state index in [0.717, 1.165) is 18.4 Å². The molecule has 1 amide bonds. The highest BCUT2D eigenvalue weighted by Crippen LogP contribution is 2.37. The Hall–Kier alpha value is -1.65. The van der Waals surface area contributed by atoms with Crippen LogP contribution in [-0.4, -0.2) is 5.91 Å². The molecular formula is C15H16N2OS. The number of nitrogens with one attached hydrogen (secondary N) is 1. The van der Waals surface area contributed by atoms with Crippen molar-refractivity contribution in [1.82, 2.24) is 5.32 Å². The van der Waals surface area contributed by atoms with Crippen LogP contribution in [0.15, 0.2) is 41.8 Å². The van der Waals surface area contributed by atoms with E-state index in [-0.39, 0.29) is 5.91 Å². The number of fused-ring (bicyclic) bond motifs is 1. The van der Waals surface area contributed by atoms with E-state index < -0.39 is 5.54 Å². The zero-order valence-electron chi connectivity index (χ0n) is 10.6. The van der Waals surface area contributed by atoms with Crippen LogP contribution < -0.4 is 11.1 Å². The molecule has 1 aliphatic carbocycles. The van der Waals surface area contributed by atoms with E-state index in [1.165, 1.54) is 10.4 Å². The van der Waals surface area contributed by atoms with Gasteiger partial charge in [0, 0.05) is 11.4 Å². The zero-order chi connectivity index (χ0) is 13.3. The van der Waals surface area contributed by atoms with Gasteiger partial charge in [-0.05, 0) is 35.4 Å². The van der Waals surface area contributed by atoms with Crippen molar-refractivity contribution in [2.45, 2.75) is 24.9 Å². The third-order valence-corrected chi connectivity index (χ3v) is 4.69. The summed E-state index contributed by atoms with van der Waals surface area (Å²) in [5.74, 6) is -0.283. The summed E-state index contributed by atoms with van der Waals surface area (Å²) in [4.78, 5) is 13.2. The summed E-state index contributed by atoms with van der Waals surface area (Å²) >= 11 is 1.68. The van der Waals surface area contributed by atoms with Gasteiger partial charge in [0.25, 0.3) is 0 Å². The average Bonchev–Trinajstić information content (AvgIpc) is 3.05. The highest BCUT2D eigenvalue weighted by atomic mass is 32.1. The van der Waals surface area contributed by atoms with Crippen LogP contribution >= 0.6 is 11.3 Å². The molecule has 0 radical (unpaired) electrons. The molecule has 0 bridgehead atoms. The fourth-order valence-electron chi connectivity index (χ4n) is 2.79. The van der Waals surface area contributed by atoms with Crippen LogP contribution in [-0.2, 0) is 23.3 Å². The summed E-state index contributed by atoms with van der Waals surface area (Å²) in [5.41, 5.74) is 7.24. The van der Waals surface area contributed by atoms with Crippen LogP contribution in [0.25, 0.3) is 0 Å². The predicted octanol–water partition coefficient (Wildman–Crippen LogP) is 2.16. The minimum atomic E-state index is -0.708. The lowest BCUT2D eigenvalue weighted by Crippen LogP contribution is -2.50. The maximum atomic E-state index is 12.0. The fourth-order valence-corrected chi connectivity index (χ4v) is 3.43. The summed E-state index contributed by atoms with van der Waals surface area (Å²) in [6.07, 6.45) is 1.64. The highest BCUT2D eigenvalue weighted by molar-refractivity contribution is 7.09. The number of carbonyl (C=O) groups is 1. The van der Waals surface area contributed by atoms with Gasteiger partial charge in [-0.2, -0.15) is 0 Å². The maximum absolute atomic E-state index is 12.0. The molecule has 0 saturated carbocycles. The number of carbonyl (C=O) groups excluding carboxylic acids is 1. The van der Waals surface area contributed by atoms with E-state index in [1.807, 2.05) is 29.6 Å². The Labute approximate surface area is 116 Å². The third-order valence-electron chi connectivity index (χ3n) is 3.81. The summed E-state index contributed by atoms with van der Waals surface area (Å²) in [6, 6.07) is 12.1. The molecule has 3 rings (SSSR count). The van der Waals surface area contributed by atoms with Gasteiger partial charge >= 0.3 is 0 Å². The van der Waals surface area contributed by atoms with E-state index in [1.54, 1.807) is 11.3 Å². The van der Waals surface area contributed by atoms with Crippen molar-refractivity contribution in [2.75, 3.05) is 0 Å². The van der Waals surface area contributed by atoms with Crippen molar-refractivity contribution in [3.05, 3.63) is 57.8 Å². The first-order valence-electron chi connectivity index (χ1n) is 6.38. The Kier molecular flexibility index (Phi) is 3.12. The third kappa shape index (κ3) is 2.07. The van der Waals surface area contributed by atoms with Gasteiger partial charge in [-0.15, -0.1) is 11.3 Å². The molecule has 0 saturated heterocycles. The van der Waals surface area contributed by atoms with Crippen molar-refractivity contribution in [3.63, 3.8) is 0 Å². The van der Waals surface area contributed by atoms with Gasteiger partial charge in [0.1, 0.15) is 5.54 Å². The Morgan fingerprint density at radius 3 is 2.89 bits per heavy atom. The molecule has 1 unspecified atom stereocenters. The van der Waals surface area contributed by atoms with Crippen molar-refractivity contribution in [1.29, 1.82) is 0 Å². The predicted molar refractivity (Wildman–Crippen MR) is 76.8 cm³/mol. The minimum Gasteiger partial charge on any atom is -0.368 e. The maximum Gasteiger partial charge on any atom is 0.242 e. The second-order valence-electron chi connectivity index (χ2n) is 4.86. The molecule has 19 heavy (non-hydrogen) atoms. The molecular weight excluding hydrogens is 256 g/mol. The number of thiophene rings is 1. The number of benzene rings is 1. The van der Waals surface area contributed by atoms with Crippen LogP contribution in [0.5, 0.6) is 0 Å². The second kappa shape index (κ2) is 4.79. The van der Waals surface area contributed by atoms with Crippen LogP contribution in [0.2, 0.25) is 0 Å².